The number of benzene rings is 1. The number of carbonyl (C=O) groups is 2. The summed E-state index contributed by atoms with van der Waals surface area (Å²) in [6.07, 6.45) is 2.76. The average Bonchev–Trinajstić information content (AvgIpc) is 3.22. The van der Waals surface area contributed by atoms with Crippen LogP contribution in [-0.4, -0.2) is 29.6 Å². The molecule has 0 unspecified atom stereocenters. The summed E-state index contributed by atoms with van der Waals surface area (Å²) in [5, 5.41) is 11.6. The first-order valence-corrected chi connectivity index (χ1v) is 6.43. The number of carbonyl (C=O) groups excluding carboxylic acids is 1. The molecule has 2 rings (SSSR count). The van der Waals surface area contributed by atoms with Crippen LogP contribution in [0.3, 0.4) is 0 Å². The van der Waals surface area contributed by atoms with Crippen molar-refractivity contribution in [2.75, 3.05) is 6.54 Å². The lowest BCUT2D eigenvalue weighted by molar-refractivity contribution is -0.122. The van der Waals surface area contributed by atoms with E-state index in [1.165, 1.54) is 0 Å². The molecule has 1 amide bonds. The first-order chi connectivity index (χ1) is 9.08. The molecule has 1 aromatic rings. The highest BCUT2D eigenvalue weighted by Gasteiger charge is 2.32. The van der Waals surface area contributed by atoms with Crippen LogP contribution in [0.15, 0.2) is 24.3 Å². The SMILES string of the molecule is N[C@@H](C(=O)NCCc1ccc(C(=O)O)cc1)C1CC1. The Kier molecular flexibility index (Phi) is 4.16. The summed E-state index contributed by atoms with van der Waals surface area (Å²) in [6.45, 7) is 0.520. The fourth-order valence-electron chi connectivity index (χ4n) is 1.93. The molecule has 0 aliphatic heterocycles. The highest BCUT2D eigenvalue weighted by Crippen LogP contribution is 2.31. The molecule has 5 heteroatoms. The maximum Gasteiger partial charge on any atom is 0.335 e. The topological polar surface area (TPSA) is 92.4 Å². The number of rotatable bonds is 6. The van der Waals surface area contributed by atoms with Gasteiger partial charge in [-0.3, -0.25) is 4.79 Å². The van der Waals surface area contributed by atoms with E-state index in [9.17, 15) is 9.59 Å². The van der Waals surface area contributed by atoms with E-state index in [0.29, 0.717) is 18.9 Å². The normalized spacial score (nSPS) is 15.8. The monoisotopic (exact) mass is 262 g/mol. The summed E-state index contributed by atoms with van der Waals surface area (Å²) in [5.41, 5.74) is 7.04. The maximum absolute atomic E-state index is 11.6. The van der Waals surface area contributed by atoms with Crippen LogP contribution < -0.4 is 11.1 Å². The zero-order valence-electron chi connectivity index (χ0n) is 10.6. The predicted molar refractivity (Wildman–Crippen MR) is 70.8 cm³/mol. The van der Waals surface area contributed by atoms with Gasteiger partial charge in [-0.05, 0) is 42.9 Å². The van der Waals surface area contributed by atoms with Gasteiger partial charge in [0.2, 0.25) is 5.91 Å². The molecular formula is C14H18N2O3. The Morgan fingerprint density at radius 2 is 1.95 bits per heavy atom. The van der Waals surface area contributed by atoms with Gasteiger partial charge in [0.05, 0.1) is 11.6 Å². The maximum atomic E-state index is 11.6. The van der Waals surface area contributed by atoms with Crippen LogP contribution in [0.4, 0.5) is 0 Å². The van der Waals surface area contributed by atoms with E-state index in [2.05, 4.69) is 5.32 Å². The molecule has 1 fully saturated rings. The standard InChI is InChI=1S/C14H18N2O3/c15-12(10-5-6-10)13(17)16-8-7-9-1-3-11(4-2-9)14(18)19/h1-4,10,12H,5-8,15H2,(H,16,17)(H,18,19)/t12-/m1/s1. The molecule has 0 bridgehead atoms. The first kappa shape index (κ1) is 13.5. The molecule has 0 spiro atoms. The zero-order valence-corrected chi connectivity index (χ0v) is 10.6. The summed E-state index contributed by atoms with van der Waals surface area (Å²) in [5.74, 6) is -0.672. The molecule has 1 aliphatic carbocycles. The van der Waals surface area contributed by atoms with Crippen molar-refractivity contribution in [1.82, 2.24) is 5.32 Å². The van der Waals surface area contributed by atoms with E-state index in [4.69, 9.17) is 10.8 Å². The van der Waals surface area contributed by atoms with E-state index in [0.717, 1.165) is 18.4 Å². The van der Waals surface area contributed by atoms with Gasteiger partial charge in [0.15, 0.2) is 0 Å². The molecule has 0 aromatic heterocycles. The Morgan fingerprint density at radius 3 is 2.47 bits per heavy atom. The van der Waals surface area contributed by atoms with Crippen molar-refractivity contribution in [2.45, 2.75) is 25.3 Å². The lowest BCUT2D eigenvalue weighted by Gasteiger charge is -2.11. The van der Waals surface area contributed by atoms with Crippen molar-refractivity contribution in [1.29, 1.82) is 0 Å². The third-order valence-electron chi connectivity index (χ3n) is 3.35. The zero-order chi connectivity index (χ0) is 13.8. The summed E-state index contributed by atoms with van der Waals surface area (Å²) < 4.78 is 0. The van der Waals surface area contributed by atoms with Gasteiger partial charge in [-0.2, -0.15) is 0 Å². The van der Waals surface area contributed by atoms with Gasteiger partial charge in [0.1, 0.15) is 0 Å². The van der Waals surface area contributed by atoms with Crippen LogP contribution in [0.5, 0.6) is 0 Å². The van der Waals surface area contributed by atoms with Gasteiger partial charge < -0.3 is 16.2 Å². The summed E-state index contributed by atoms with van der Waals surface area (Å²) in [4.78, 5) is 22.3. The average molecular weight is 262 g/mol. The molecule has 1 aliphatic rings. The van der Waals surface area contributed by atoms with Crippen molar-refractivity contribution >= 4 is 11.9 Å². The van der Waals surface area contributed by atoms with Gasteiger partial charge >= 0.3 is 5.97 Å². The smallest absolute Gasteiger partial charge is 0.335 e. The molecule has 0 heterocycles. The minimum Gasteiger partial charge on any atom is -0.478 e. The van der Waals surface area contributed by atoms with E-state index in [1.807, 2.05) is 0 Å². The fourth-order valence-corrected chi connectivity index (χ4v) is 1.93. The van der Waals surface area contributed by atoms with E-state index >= 15 is 0 Å². The minimum absolute atomic E-state index is 0.0929. The molecule has 102 valence electrons. The Bertz CT molecular complexity index is 466. The molecule has 1 saturated carbocycles. The first-order valence-electron chi connectivity index (χ1n) is 6.43. The number of amides is 1. The second kappa shape index (κ2) is 5.84. The number of hydrogen-bond acceptors (Lipinski definition) is 3. The number of hydrogen-bond donors (Lipinski definition) is 3. The molecular weight excluding hydrogens is 244 g/mol. The van der Waals surface area contributed by atoms with Gasteiger partial charge in [-0.1, -0.05) is 12.1 Å². The van der Waals surface area contributed by atoms with Gasteiger partial charge in [-0.15, -0.1) is 0 Å². The third-order valence-corrected chi connectivity index (χ3v) is 3.35. The van der Waals surface area contributed by atoms with Crippen molar-refractivity contribution in [3.63, 3.8) is 0 Å². The Balaban J connectivity index is 1.75. The number of aromatic carboxylic acids is 1. The van der Waals surface area contributed by atoms with Crippen LogP contribution in [0.25, 0.3) is 0 Å². The van der Waals surface area contributed by atoms with Crippen molar-refractivity contribution in [3.05, 3.63) is 35.4 Å². The van der Waals surface area contributed by atoms with Crippen molar-refractivity contribution in [2.24, 2.45) is 11.7 Å². The summed E-state index contributed by atoms with van der Waals surface area (Å²) >= 11 is 0. The Labute approximate surface area is 111 Å². The highest BCUT2D eigenvalue weighted by molar-refractivity contribution is 5.87. The number of carboxylic acid groups (broad SMARTS) is 1. The molecule has 1 aromatic carbocycles. The molecule has 1 atom stereocenters. The van der Waals surface area contributed by atoms with E-state index in [-0.39, 0.29) is 17.5 Å². The van der Waals surface area contributed by atoms with Crippen LogP contribution in [0, 0.1) is 5.92 Å². The molecule has 5 nitrogen and oxygen atoms in total. The summed E-state index contributed by atoms with van der Waals surface area (Å²) in [6, 6.07) is 6.27. The number of nitrogens with two attached hydrogens (primary N) is 1. The third kappa shape index (κ3) is 3.79. The van der Waals surface area contributed by atoms with Gasteiger partial charge in [0.25, 0.3) is 0 Å². The van der Waals surface area contributed by atoms with Crippen LogP contribution in [0.1, 0.15) is 28.8 Å². The Morgan fingerprint density at radius 1 is 1.32 bits per heavy atom. The number of carboxylic acids is 1. The number of nitrogens with one attached hydrogen (secondary N) is 1. The second-order valence-corrected chi connectivity index (χ2v) is 4.91. The van der Waals surface area contributed by atoms with Crippen LogP contribution >= 0.6 is 0 Å². The summed E-state index contributed by atoms with van der Waals surface area (Å²) in [7, 11) is 0. The molecule has 0 radical (unpaired) electrons. The lowest BCUT2D eigenvalue weighted by Crippen LogP contribution is -2.42. The quantitative estimate of drug-likeness (QED) is 0.706. The molecule has 4 N–H and O–H groups in total. The Hall–Kier alpha value is -1.88. The van der Waals surface area contributed by atoms with Crippen LogP contribution in [-0.2, 0) is 11.2 Å². The second-order valence-electron chi connectivity index (χ2n) is 4.91. The van der Waals surface area contributed by atoms with Crippen molar-refractivity contribution in [3.8, 4) is 0 Å². The van der Waals surface area contributed by atoms with Gasteiger partial charge in [-0.25, -0.2) is 4.79 Å². The largest absolute Gasteiger partial charge is 0.478 e. The van der Waals surface area contributed by atoms with E-state index < -0.39 is 5.97 Å². The van der Waals surface area contributed by atoms with Gasteiger partial charge in [0, 0.05) is 6.54 Å². The van der Waals surface area contributed by atoms with E-state index in [1.54, 1.807) is 24.3 Å². The predicted octanol–water partition coefficient (Wildman–Crippen LogP) is 0.781. The minimum atomic E-state index is -0.935. The molecule has 0 saturated heterocycles. The highest BCUT2D eigenvalue weighted by atomic mass is 16.4. The fraction of sp³-hybridized carbons (Fsp3) is 0.429. The van der Waals surface area contributed by atoms with Crippen molar-refractivity contribution < 1.29 is 14.7 Å². The molecule has 19 heavy (non-hydrogen) atoms. The van der Waals surface area contributed by atoms with Crippen LogP contribution in [0.2, 0.25) is 0 Å². The lowest BCUT2D eigenvalue weighted by atomic mass is 10.1.